The van der Waals surface area contributed by atoms with Gasteiger partial charge in [0.1, 0.15) is 0 Å². The molecule has 2 nitrogen and oxygen atoms in total. The Balaban J connectivity index is 2.69. The van der Waals surface area contributed by atoms with Crippen LogP contribution in [0.1, 0.15) is 26.2 Å². The molecule has 1 aliphatic heterocycles. The van der Waals surface area contributed by atoms with E-state index in [2.05, 4.69) is 11.1 Å². The van der Waals surface area contributed by atoms with Crippen LogP contribution < -0.4 is 0 Å². The molecule has 0 atom stereocenters. The quantitative estimate of drug-likeness (QED) is 0.606. The third-order valence-electron chi connectivity index (χ3n) is 1.78. The Bertz CT molecular complexity index is 247. The maximum Gasteiger partial charge on any atom is 0.0407 e. The molecule has 0 aromatic rings. The fraction of sp³-hybridized carbons (Fsp3) is 0.400. The van der Waals surface area contributed by atoms with Gasteiger partial charge in [0.2, 0.25) is 0 Å². The summed E-state index contributed by atoms with van der Waals surface area (Å²) < 4.78 is 0. The molecule has 0 bridgehead atoms. The molecule has 0 unspecified atom stereocenters. The maximum absolute atomic E-state index is 6.84. The van der Waals surface area contributed by atoms with Gasteiger partial charge in [-0.2, -0.15) is 0 Å². The van der Waals surface area contributed by atoms with Crippen LogP contribution in [-0.2, 0) is 0 Å². The summed E-state index contributed by atoms with van der Waals surface area (Å²) in [5.41, 5.74) is 2.18. The molecule has 0 fully saturated rings. The summed E-state index contributed by atoms with van der Waals surface area (Å²) in [5, 5.41) is 6.84. The highest BCUT2D eigenvalue weighted by Gasteiger charge is 1.99. The van der Waals surface area contributed by atoms with Crippen molar-refractivity contribution in [2.24, 2.45) is 4.99 Å². The highest BCUT2D eigenvalue weighted by molar-refractivity contribution is 5.98. The first-order valence-electron chi connectivity index (χ1n) is 4.24. The van der Waals surface area contributed by atoms with Gasteiger partial charge in [-0.3, -0.25) is 4.99 Å². The molecule has 0 spiro atoms. The van der Waals surface area contributed by atoms with Crippen LogP contribution >= 0.6 is 0 Å². The lowest BCUT2D eigenvalue weighted by atomic mass is 10.1. The predicted molar refractivity (Wildman–Crippen MR) is 53.0 cm³/mol. The van der Waals surface area contributed by atoms with E-state index in [0.717, 1.165) is 24.3 Å². The zero-order chi connectivity index (χ0) is 8.81. The zero-order valence-electron chi connectivity index (χ0n) is 7.38. The second-order valence-electron chi connectivity index (χ2n) is 2.87. The molecule has 1 aliphatic rings. The predicted octanol–water partition coefficient (Wildman–Crippen LogP) is 2.72. The smallest absolute Gasteiger partial charge is 0.0407 e. The van der Waals surface area contributed by atoms with Gasteiger partial charge in [-0.1, -0.05) is 6.08 Å². The van der Waals surface area contributed by atoms with Gasteiger partial charge in [0.05, 0.1) is 0 Å². The fourth-order valence-electron chi connectivity index (χ4n) is 1.20. The van der Waals surface area contributed by atoms with Crippen molar-refractivity contribution in [1.29, 1.82) is 5.41 Å². The molecular formula is C10H14N2. The minimum atomic E-state index is 1.03. The summed E-state index contributed by atoms with van der Waals surface area (Å²) in [7, 11) is 0. The molecule has 0 amide bonds. The molecule has 0 aromatic heterocycles. The number of aliphatic imine (C=N–C) groups is 1. The molecule has 0 saturated heterocycles. The van der Waals surface area contributed by atoms with Crippen LogP contribution in [0.3, 0.4) is 0 Å². The van der Waals surface area contributed by atoms with Crippen molar-refractivity contribution in [3.8, 4) is 0 Å². The van der Waals surface area contributed by atoms with Crippen molar-refractivity contribution in [3.05, 3.63) is 23.9 Å². The van der Waals surface area contributed by atoms with E-state index in [1.165, 1.54) is 12.6 Å². The first kappa shape index (κ1) is 8.91. The highest BCUT2D eigenvalue weighted by Crippen LogP contribution is 2.10. The SMILES string of the molecule is CC1=CCCCC(/C=C\C=N)=N1. The third-order valence-corrected chi connectivity index (χ3v) is 1.78. The number of nitrogens with zero attached hydrogens (tertiary/aromatic N) is 1. The van der Waals surface area contributed by atoms with Gasteiger partial charge < -0.3 is 5.41 Å². The monoisotopic (exact) mass is 162 g/mol. The number of nitrogens with one attached hydrogen (secondary N) is 1. The Morgan fingerprint density at radius 2 is 2.42 bits per heavy atom. The number of hydrogen-bond donors (Lipinski definition) is 1. The molecule has 12 heavy (non-hydrogen) atoms. The van der Waals surface area contributed by atoms with Crippen molar-refractivity contribution < 1.29 is 0 Å². The molecule has 0 aromatic carbocycles. The van der Waals surface area contributed by atoms with Crippen LogP contribution in [0.4, 0.5) is 0 Å². The molecule has 1 N–H and O–H groups in total. The molecule has 0 aliphatic carbocycles. The lowest BCUT2D eigenvalue weighted by molar-refractivity contribution is 0.902. The third kappa shape index (κ3) is 2.82. The summed E-state index contributed by atoms with van der Waals surface area (Å²) in [5.74, 6) is 0. The minimum absolute atomic E-state index is 1.03. The molecule has 1 rings (SSSR count). The van der Waals surface area contributed by atoms with Crippen LogP contribution in [0.25, 0.3) is 0 Å². The summed E-state index contributed by atoms with van der Waals surface area (Å²) in [6.45, 7) is 2.02. The van der Waals surface area contributed by atoms with Crippen LogP contribution in [0.5, 0.6) is 0 Å². The average Bonchev–Trinajstić information content (AvgIpc) is 2.26. The second-order valence-corrected chi connectivity index (χ2v) is 2.87. The van der Waals surface area contributed by atoms with Crippen LogP contribution in [0.2, 0.25) is 0 Å². The van der Waals surface area contributed by atoms with Crippen molar-refractivity contribution in [1.82, 2.24) is 0 Å². The van der Waals surface area contributed by atoms with Crippen molar-refractivity contribution in [2.45, 2.75) is 26.2 Å². The first-order valence-corrected chi connectivity index (χ1v) is 4.24. The van der Waals surface area contributed by atoms with E-state index in [-0.39, 0.29) is 0 Å². The van der Waals surface area contributed by atoms with Gasteiger partial charge in [0.25, 0.3) is 0 Å². The summed E-state index contributed by atoms with van der Waals surface area (Å²) in [6.07, 6.45) is 10.4. The molecule has 2 heteroatoms. The Hall–Kier alpha value is -1.18. The molecule has 0 radical (unpaired) electrons. The fourth-order valence-corrected chi connectivity index (χ4v) is 1.20. The van der Waals surface area contributed by atoms with Gasteiger partial charge in [-0.05, 0) is 38.3 Å². The first-order chi connectivity index (χ1) is 5.83. The molecule has 0 saturated carbocycles. The average molecular weight is 162 g/mol. The van der Waals surface area contributed by atoms with Crippen molar-refractivity contribution in [3.63, 3.8) is 0 Å². The van der Waals surface area contributed by atoms with Crippen LogP contribution in [-0.4, -0.2) is 11.9 Å². The number of rotatable bonds is 2. The van der Waals surface area contributed by atoms with Crippen LogP contribution in [0.15, 0.2) is 28.9 Å². The Morgan fingerprint density at radius 3 is 3.17 bits per heavy atom. The maximum atomic E-state index is 6.84. The van der Waals surface area contributed by atoms with Gasteiger partial charge in [-0.15, -0.1) is 0 Å². The van der Waals surface area contributed by atoms with Gasteiger partial charge in [-0.25, -0.2) is 0 Å². The van der Waals surface area contributed by atoms with Gasteiger partial charge in [0.15, 0.2) is 0 Å². The van der Waals surface area contributed by atoms with Crippen LogP contribution in [0, 0.1) is 5.41 Å². The van der Waals surface area contributed by atoms with E-state index in [1.807, 2.05) is 13.0 Å². The Morgan fingerprint density at radius 1 is 1.58 bits per heavy atom. The zero-order valence-corrected chi connectivity index (χ0v) is 7.38. The van der Waals surface area contributed by atoms with E-state index in [9.17, 15) is 0 Å². The Labute approximate surface area is 73.2 Å². The van der Waals surface area contributed by atoms with Crippen molar-refractivity contribution in [2.75, 3.05) is 0 Å². The standard InChI is InChI=1S/C10H14N2/c1-9-5-2-3-6-10(12-9)7-4-8-11/h4-5,7-8,11H,2-3,6H2,1H3/b7-4-,11-8?. The number of hydrogen-bond acceptors (Lipinski definition) is 2. The highest BCUT2D eigenvalue weighted by atomic mass is 14.7. The summed E-state index contributed by atoms with van der Waals surface area (Å²) in [4.78, 5) is 4.40. The van der Waals surface area contributed by atoms with E-state index in [4.69, 9.17) is 5.41 Å². The lowest BCUT2D eigenvalue weighted by Crippen LogP contribution is -1.91. The number of allylic oxidation sites excluding steroid dienone is 4. The Kier molecular flexibility index (Phi) is 3.45. The van der Waals surface area contributed by atoms with E-state index < -0.39 is 0 Å². The summed E-state index contributed by atoms with van der Waals surface area (Å²) >= 11 is 0. The topological polar surface area (TPSA) is 36.2 Å². The minimum Gasteiger partial charge on any atom is -0.309 e. The second kappa shape index (κ2) is 4.65. The molecular weight excluding hydrogens is 148 g/mol. The van der Waals surface area contributed by atoms with Gasteiger partial charge >= 0.3 is 0 Å². The lowest BCUT2D eigenvalue weighted by Gasteiger charge is -1.94. The van der Waals surface area contributed by atoms with Gasteiger partial charge in [0, 0.05) is 17.6 Å². The van der Waals surface area contributed by atoms with E-state index in [0.29, 0.717) is 0 Å². The van der Waals surface area contributed by atoms with E-state index >= 15 is 0 Å². The molecule has 64 valence electrons. The normalized spacial score (nSPS) is 18.4. The van der Waals surface area contributed by atoms with E-state index in [1.54, 1.807) is 6.08 Å². The molecule has 1 heterocycles. The van der Waals surface area contributed by atoms with Crippen molar-refractivity contribution >= 4 is 11.9 Å². The summed E-state index contributed by atoms with van der Waals surface area (Å²) in [6, 6.07) is 0. The largest absolute Gasteiger partial charge is 0.309 e.